The molecule has 1 N–H and O–H groups in total. The minimum atomic E-state index is -0.0750. The summed E-state index contributed by atoms with van der Waals surface area (Å²) in [5.41, 5.74) is 1.04. The van der Waals surface area contributed by atoms with Crippen LogP contribution < -0.4 is 5.32 Å². The van der Waals surface area contributed by atoms with E-state index >= 15 is 0 Å². The van der Waals surface area contributed by atoms with E-state index in [-0.39, 0.29) is 5.41 Å². The van der Waals surface area contributed by atoms with Gasteiger partial charge in [0, 0.05) is 5.41 Å². The van der Waals surface area contributed by atoms with Crippen molar-refractivity contribution in [3.8, 4) is 0 Å². The first-order chi connectivity index (χ1) is 7.22. The summed E-state index contributed by atoms with van der Waals surface area (Å²) in [6.07, 6.45) is 8.77. The standard InChI is InChI=1S/C13H21NO/c1-13(7-9-14-10-8-13)12(15)11-5-3-2-4-6-11/h5,14H,2-4,6-10H2,1H3. The molecule has 0 aromatic carbocycles. The van der Waals surface area contributed by atoms with E-state index in [1.807, 2.05) is 0 Å². The van der Waals surface area contributed by atoms with Gasteiger partial charge >= 0.3 is 0 Å². The molecule has 1 heterocycles. The molecule has 0 spiro atoms. The smallest absolute Gasteiger partial charge is 0.164 e. The average molecular weight is 207 g/mol. The molecule has 0 atom stereocenters. The second-order valence-electron chi connectivity index (χ2n) is 5.11. The van der Waals surface area contributed by atoms with Gasteiger partial charge in [0.1, 0.15) is 0 Å². The van der Waals surface area contributed by atoms with E-state index < -0.39 is 0 Å². The van der Waals surface area contributed by atoms with E-state index in [1.165, 1.54) is 12.8 Å². The Labute approximate surface area is 92.1 Å². The quantitative estimate of drug-likeness (QED) is 0.753. The van der Waals surface area contributed by atoms with Gasteiger partial charge in [-0.1, -0.05) is 13.0 Å². The molecule has 2 aliphatic rings. The zero-order valence-corrected chi connectivity index (χ0v) is 9.64. The summed E-state index contributed by atoms with van der Waals surface area (Å²) in [4.78, 5) is 12.4. The number of hydrogen-bond acceptors (Lipinski definition) is 2. The number of Topliss-reactive ketones (excluding diaryl/α,β-unsaturated/α-hetero) is 1. The number of rotatable bonds is 2. The summed E-state index contributed by atoms with van der Waals surface area (Å²) in [6.45, 7) is 4.14. The van der Waals surface area contributed by atoms with Crippen LogP contribution in [-0.2, 0) is 4.79 Å². The molecule has 0 unspecified atom stereocenters. The van der Waals surface area contributed by atoms with Gasteiger partial charge < -0.3 is 5.32 Å². The number of carbonyl (C=O) groups excluding carboxylic acids is 1. The molecule has 1 aliphatic heterocycles. The number of allylic oxidation sites excluding steroid dienone is 2. The zero-order chi connectivity index (χ0) is 10.7. The maximum Gasteiger partial charge on any atom is 0.164 e. The number of nitrogens with one attached hydrogen (secondary N) is 1. The van der Waals surface area contributed by atoms with Gasteiger partial charge in [-0.2, -0.15) is 0 Å². The van der Waals surface area contributed by atoms with Crippen LogP contribution in [0.15, 0.2) is 11.6 Å². The molecule has 0 amide bonds. The number of ketones is 1. The predicted molar refractivity (Wildman–Crippen MR) is 61.8 cm³/mol. The van der Waals surface area contributed by atoms with Crippen LogP contribution in [-0.4, -0.2) is 18.9 Å². The molecule has 15 heavy (non-hydrogen) atoms. The van der Waals surface area contributed by atoms with E-state index in [0.717, 1.165) is 44.3 Å². The third-order valence-corrected chi connectivity index (χ3v) is 3.84. The molecular weight excluding hydrogens is 186 g/mol. The lowest BCUT2D eigenvalue weighted by atomic mass is 9.73. The molecule has 0 radical (unpaired) electrons. The maximum absolute atomic E-state index is 12.4. The van der Waals surface area contributed by atoms with Crippen molar-refractivity contribution in [2.45, 2.75) is 45.4 Å². The van der Waals surface area contributed by atoms with E-state index in [1.54, 1.807) is 0 Å². The van der Waals surface area contributed by atoms with Crippen molar-refractivity contribution in [3.63, 3.8) is 0 Å². The van der Waals surface area contributed by atoms with E-state index in [0.29, 0.717) is 5.78 Å². The minimum Gasteiger partial charge on any atom is -0.317 e. The molecule has 84 valence electrons. The van der Waals surface area contributed by atoms with Crippen LogP contribution in [0.1, 0.15) is 45.4 Å². The van der Waals surface area contributed by atoms with Crippen LogP contribution in [0, 0.1) is 5.41 Å². The highest BCUT2D eigenvalue weighted by molar-refractivity contribution is 5.99. The van der Waals surface area contributed by atoms with Crippen LogP contribution in [0.3, 0.4) is 0 Å². The zero-order valence-electron chi connectivity index (χ0n) is 9.64. The molecule has 0 bridgehead atoms. The lowest BCUT2D eigenvalue weighted by molar-refractivity contribution is -0.125. The molecule has 2 rings (SSSR count). The summed E-state index contributed by atoms with van der Waals surface area (Å²) in [7, 11) is 0. The van der Waals surface area contributed by atoms with Crippen LogP contribution in [0.25, 0.3) is 0 Å². The normalized spacial score (nSPS) is 25.8. The highest BCUT2D eigenvalue weighted by Gasteiger charge is 2.35. The minimum absolute atomic E-state index is 0.0750. The Kier molecular flexibility index (Phi) is 3.25. The molecule has 2 heteroatoms. The molecule has 0 saturated carbocycles. The largest absolute Gasteiger partial charge is 0.317 e. The lowest BCUT2D eigenvalue weighted by Gasteiger charge is -2.33. The monoisotopic (exact) mass is 207 g/mol. The Morgan fingerprint density at radius 2 is 2.07 bits per heavy atom. The van der Waals surface area contributed by atoms with Gasteiger partial charge in [0.25, 0.3) is 0 Å². The van der Waals surface area contributed by atoms with Crippen LogP contribution >= 0.6 is 0 Å². The van der Waals surface area contributed by atoms with E-state index in [2.05, 4.69) is 18.3 Å². The highest BCUT2D eigenvalue weighted by atomic mass is 16.1. The highest BCUT2D eigenvalue weighted by Crippen LogP contribution is 2.34. The summed E-state index contributed by atoms with van der Waals surface area (Å²) < 4.78 is 0. The fourth-order valence-corrected chi connectivity index (χ4v) is 2.64. The fourth-order valence-electron chi connectivity index (χ4n) is 2.64. The van der Waals surface area contributed by atoms with Gasteiger partial charge in [-0.15, -0.1) is 0 Å². The van der Waals surface area contributed by atoms with Crippen molar-refractivity contribution in [1.29, 1.82) is 0 Å². The Bertz CT molecular complexity index is 274. The second kappa shape index (κ2) is 4.48. The third-order valence-electron chi connectivity index (χ3n) is 3.84. The lowest BCUT2D eigenvalue weighted by Crippen LogP contribution is -2.40. The molecule has 1 aliphatic carbocycles. The topological polar surface area (TPSA) is 29.1 Å². The first-order valence-corrected chi connectivity index (χ1v) is 6.17. The van der Waals surface area contributed by atoms with Gasteiger partial charge in [0.05, 0.1) is 0 Å². The van der Waals surface area contributed by atoms with Gasteiger partial charge in [-0.25, -0.2) is 0 Å². The van der Waals surface area contributed by atoms with Crippen molar-refractivity contribution >= 4 is 5.78 Å². The number of piperidine rings is 1. The molecule has 0 aromatic rings. The van der Waals surface area contributed by atoms with Crippen LogP contribution in [0.4, 0.5) is 0 Å². The average Bonchev–Trinajstić information content (AvgIpc) is 2.30. The number of carbonyl (C=O) groups is 1. The van der Waals surface area contributed by atoms with E-state index in [4.69, 9.17) is 0 Å². The van der Waals surface area contributed by atoms with Crippen molar-refractivity contribution < 1.29 is 4.79 Å². The second-order valence-corrected chi connectivity index (χ2v) is 5.11. The first kappa shape index (κ1) is 10.9. The number of hydrogen-bond donors (Lipinski definition) is 1. The molecular formula is C13H21NO. The third kappa shape index (κ3) is 2.31. The molecule has 1 saturated heterocycles. The summed E-state index contributed by atoms with van der Waals surface area (Å²) in [5, 5.41) is 3.33. The van der Waals surface area contributed by atoms with Gasteiger partial charge in [0.15, 0.2) is 5.78 Å². The van der Waals surface area contributed by atoms with Crippen molar-refractivity contribution in [2.75, 3.05) is 13.1 Å². The first-order valence-electron chi connectivity index (χ1n) is 6.17. The van der Waals surface area contributed by atoms with Crippen molar-refractivity contribution in [2.24, 2.45) is 5.41 Å². The molecule has 2 nitrogen and oxygen atoms in total. The van der Waals surface area contributed by atoms with Crippen LogP contribution in [0.5, 0.6) is 0 Å². The summed E-state index contributed by atoms with van der Waals surface area (Å²) >= 11 is 0. The Morgan fingerprint density at radius 1 is 1.33 bits per heavy atom. The summed E-state index contributed by atoms with van der Waals surface area (Å²) in [5.74, 6) is 0.434. The molecule has 1 fully saturated rings. The van der Waals surface area contributed by atoms with Crippen LogP contribution in [0.2, 0.25) is 0 Å². The fraction of sp³-hybridized carbons (Fsp3) is 0.769. The molecule has 0 aromatic heterocycles. The van der Waals surface area contributed by atoms with Gasteiger partial charge in [-0.05, 0) is 57.2 Å². The van der Waals surface area contributed by atoms with Crippen molar-refractivity contribution in [3.05, 3.63) is 11.6 Å². The van der Waals surface area contributed by atoms with E-state index in [9.17, 15) is 4.79 Å². The maximum atomic E-state index is 12.4. The predicted octanol–water partition coefficient (Wildman–Crippen LogP) is 2.45. The van der Waals surface area contributed by atoms with Crippen molar-refractivity contribution in [1.82, 2.24) is 5.32 Å². The Balaban J connectivity index is 2.08. The SMILES string of the molecule is CC1(C(=O)C2=CCCCC2)CCNCC1. The van der Waals surface area contributed by atoms with Gasteiger partial charge in [-0.3, -0.25) is 4.79 Å². The Morgan fingerprint density at radius 3 is 2.67 bits per heavy atom. The Hall–Kier alpha value is -0.630. The summed E-state index contributed by atoms with van der Waals surface area (Å²) in [6, 6.07) is 0. The van der Waals surface area contributed by atoms with Gasteiger partial charge in [0.2, 0.25) is 0 Å².